The number of carbonyl (C=O) groups excluding carboxylic acids is 2. The number of hydrogen-bond donors (Lipinski definition) is 3. The molecule has 5 nitrogen and oxygen atoms in total. The van der Waals surface area contributed by atoms with Crippen LogP contribution in [0.1, 0.15) is 12.8 Å². The van der Waals surface area contributed by atoms with E-state index in [2.05, 4.69) is 10.6 Å². The number of carbonyl (C=O) groups is 2. The molecule has 0 aromatic heterocycles. The quantitative estimate of drug-likeness (QED) is 0.455. The summed E-state index contributed by atoms with van der Waals surface area (Å²) in [5.41, 5.74) is 4.80. The Morgan fingerprint density at radius 2 is 2.38 bits per heavy atom. The van der Waals surface area contributed by atoms with Gasteiger partial charge in [0.2, 0.25) is 11.8 Å². The van der Waals surface area contributed by atoms with Gasteiger partial charge >= 0.3 is 0 Å². The Balaban J connectivity index is 2.12. The Hall–Kier alpha value is -1.10. The minimum Gasteiger partial charge on any atom is -0.368 e. The molecule has 2 atom stereocenters. The SMILES string of the molecule is NC(=O)C1CC2(CCNC2=O)CN1. The lowest BCUT2D eigenvalue weighted by Gasteiger charge is -2.16. The Bertz CT molecular complexity index is 266. The molecule has 2 amide bonds. The fraction of sp³-hybridized carbons (Fsp3) is 0.750. The maximum absolute atomic E-state index is 11.5. The first-order valence-electron chi connectivity index (χ1n) is 4.45. The molecule has 0 aliphatic carbocycles. The zero-order valence-electron chi connectivity index (χ0n) is 7.30. The summed E-state index contributed by atoms with van der Waals surface area (Å²) in [6, 6.07) is -0.330. The minimum atomic E-state index is -0.364. The number of hydrogen-bond acceptors (Lipinski definition) is 3. The van der Waals surface area contributed by atoms with Crippen LogP contribution in [-0.2, 0) is 9.59 Å². The molecule has 72 valence electrons. The molecule has 2 aliphatic heterocycles. The first-order chi connectivity index (χ1) is 6.14. The molecule has 1 spiro atoms. The van der Waals surface area contributed by atoms with Gasteiger partial charge in [-0.2, -0.15) is 0 Å². The van der Waals surface area contributed by atoms with Crippen LogP contribution in [0.3, 0.4) is 0 Å². The van der Waals surface area contributed by atoms with Crippen LogP contribution in [-0.4, -0.2) is 30.9 Å². The van der Waals surface area contributed by atoms with E-state index < -0.39 is 0 Å². The summed E-state index contributed by atoms with van der Waals surface area (Å²) in [5, 5.41) is 5.76. The Kier molecular flexibility index (Phi) is 1.76. The predicted molar refractivity (Wildman–Crippen MR) is 45.7 cm³/mol. The van der Waals surface area contributed by atoms with Crippen LogP contribution in [0.15, 0.2) is 0 Å². The number of amides is 2. The maximum atomic E-state index is 11.5. The molecule has 2 heterocycles. The van der Waals surface area contributed by atoms with Crippen LogP contribution in [0.5, 0.6) is 0 Å². The second kappa shape index (κ2) is 2.70. The van der Waals surface area contributed by atoms with Crippen molar-refractivity contribution in [3.63, 3.8) is 0 Å². The summed E-state index contributed by atoms with van der Waals surface area (Å²) in [7, 11) is 0. The Labute approximate surface area is 76.0 Å². The fourth-order valence-electron chi connectivity index (χ4n) is 2.13. The summed E-state index contributed by atoms with van der Waals surface area (Å²) >= 11 is 0. The van der Waals surface area contributed by atoms with Gasteiger partial charge < -0.3 is 16.4 Å². The zero-order chi connectivity index (χ0) is 9.47. The largest absolute Gasteiger partial charge is 0.368 e. The van der Waals surface area contributed by atoms with E-state index in [0.29, 0.717) is 19.5 Å². The van der Waals surface area contributed by atoms with E-state index in [9.17, 15) is 9.59 Å². The highest BCUT2D eigenvalue weighted by Gasteiger charge is 2.49. The van der Waals surface area contributed by atoms with Crippen molar-refractivity contribution in [1.82, 2.24) is 10.6 Å². The van der Waals surface area contributed by atoms with Crippen molar-refractivity contribution in [2.75, 3.05) is 13.1 Å². The minimum absolute atomic E-state index is 0.0590. The van der Waals surface area contributed by atoms with Crippen molar-refractivity contribution in [2.45, 2.75) is 18.9 Å². The molecular weight excluding hydrogens is 170 g/mol. The van der Waals surface area contributed by atoms with E-state index in [1.807, 2.05) is 0 Å². The number of rotatable bonds is 1. The molecule has 2 rings (SSSR count). The summed E-state index contributed by atoms with van der Waals surface area (Å²) in [5.74, 6) is -0.305. The smallest absolute Gasteiger partial charge is 0.234 e. The van der Waals surface area contributed by atoms with E-state index in [-0.39, 0.29) is 23.3 Å². The molecular formula is C8H13N3O2. The number of primary amides is 1. The Morgan fingerprint density at radius 1 is 1.62 bits per heavy atom. The first-order valence-corrected chi connectivity index (χ1v) is 4.45. The highest BCUT2D eigenvalue weighted by atomic mass is 16.2. The standard InChI is InChI=1S/C8H13N3O2/c9-6(12)5-3-8(4-11-5)1-2-10-7(8)13/h5,11H,1-4H2,(H2,9,12)(H,10,13). The van der Waals surface area contributed by atoms with Crippen molar-refractivity contribution in [3.8, 4) is 0 Å². The molecule has 2 aliphatic rings. The summed E-state index contributed by atoms with van der Waals surface area (Å²) in [6.07, 6.45) is 1.36. The fourth-order valence-corrected chi connectivity index (χ4v) is 2.13. The van der Waals surface area contributed by atoms with Gasteiger partial charge in [0.05, 0.1) is 11.5 Å². The maximum Gasteiger partial charge on any atom is 0.234 e. The summed E-state index contributed by atoms with van der Waals surface area (Å²) in [6.45, 7) is 1.29. The van der Waals surface area contributed by atoms with Crippen LogP contribution >= 0.6 is 0 Å². The average molecular weight is 183 g/mol. The molecule has 0 radical (unpaired) electrons. The van der Waals surface area contributed by atoms with E-state index in [0.717, 1.165) is 6.42 Å². The topological polar surface area (TPSA) is 84.2 Å². The third kappa shape index (κ3) is 1.19. The van der Waals surface area contributed by atoms with E-state index >= 15 is 0 Å². The van der Waals surface area contributed by atoms with Gasteiger partial charge in [-0.25, -0.2) is 0 Å². The lowest BCUT2D eigenvalue weighted by atomic mass is 9.84. The lowest BCUT2D eigenvalue weighted by molar-refractivity contribution is -0.126. The van der Waals surface area contributed by atoms with Gasteiger partial charge in [0, 0.05) is 13.1 Å². The molecule has 13 heavy (non-hydrogen) atoms. The third-order valence-electron chi connectivity index (χ3n) is 3.00. The summed E-state index contributed by atoms with van der Waals surface area (Å²) < 4.78 is 0. The molecule has 2 fully saturated rings. The summed E-state index contributed by atoms with van der Waals surface area (Å²) in [4.78, 5) is 22.3. The monoisotopic (exact) mass is 183 g/mol. The number of nitrogens with two attached hydrogens (primary N) is 1. The van der Waals surface area contributed by atoms with Crippen molar-refractivity contribution in [1.29, 1.82) is 0 Å². The van der Waals surface area contributed by atoms with Gasteiger partial charge in [0.1, 0.15) is 0 Å². The van der Waals surface area contributed by atoms with Crippen LogP contribution in [0.4, 0.5) is 0 Å². The highest BCUT2D eigenvalue weighted by molar-refractivity contribution is 5.88. The van der Waals surface area contributed by atoms with Crippen LogP contribution in [0.25, 0.3) is 0 Å². The molecule has 4 N–H and O–H groups in total. The molecule has 0 saturated carbocycles. The van der Waals surface area contributed by atoms with E-state index in [4.69, 9.17) is 5.73 Å². The molecule has 2 unspecified atom stereocenters. The number of nitrogens with one attached hydrogen (secondary N) is 2. The van der Waals surface area contributed by atoms with Gasteiger partial charge in [-0.3, -0.25) is 9.59 Å². The first kappa shape index (κ1) is 8.50. The van der Waals surface area contributed by atoms with Crippen LogP contribution in [0, 0.1) is 5.41 Å². The van der Waals surface area contributed by atoms with Crippen LogP contribution < -0.4 is 16.4 Å². The third-order valence-corrected chi connectivity index (χ3v) is 3.00. The van der Waals surface area contributed by atoms with E-state index in [1.54, 1.807) is 0 Å². The highest BCUT2D eigenvalue weighted by Crippen LogP contribution is 2.35. The molecule has 0 aromatic carbocycles. The molecule has 0 bridgehead atoms. The predicted octanol–water partition coefficient (Wildman–Crippen LogP) is -1.66. The normalized spacial score (nSPS) is 38.2. The van der Waals surface area contributed by atoms with Gasteiger partial charge in [0.25, 0.3) is 0 Å². The van der Waals surface area contributed by atoms with Gasteiger partial charge in [-0.05, 0) is 12.8 Å². The second-order valence-electron chi connectivity index (χ2n) is 3.83. The Morgan fingerprint density at radius 3 is 2.85 bits per heavy atom. The molecule has 0 aromatic rings. The average Bonchev–Trinajstić information content (AvgIpc) is 2.63. The zero-order valence-corrected chi connectivity index (χ0v) is 7.30. The van der Waals surface area contributed by atoms with Crippen molar-refractivity contribution in [3.05, 3.63) is 0 Å². The molecule has 5 heteroatoms. The van der Waals surface area contributed by atoms with Crippen molar-refractivity contribution < 1.29 is 9.59 Å². The lowest BCUT2D eigenvalue weighted by Crippen LogP contribution is -2.36. The van der Waals surface area contributed by atoms with Crippen molar-refractivity contribution >= 4 is 11.8 Å². The molecule has 2 saturated heterocycles. The van der Waals surface area contributed by atoms with Gasteiger partial charge in [-0.15, -0.1) is 0 Å². The van der Waals surface area contributed by atoms with E-state index in [1.165, 1.54) is 0 Å². The van der Waals surface area contributed by atoms with Crippen LogP contribution in [0.2, 0.25) is 0 Å². The van der Waals surface area contributed by atoms with Crippen molar-refractivity contribution in [2.24, 2.45) is 11.1 Å². The van der Waals surface area contributed by atoms with Gasteiger partial charge in [0.15, 0.2) is 0 Å². The van der Waals surface area contributed by atoms with Gasteiger partial charge in [-0.1, -0.05) is 0 Å². The second-order valence-corrected chi connectivity index (χ2v) is 3.83.